The second-order valence-corrected chi connectivity index (χ2v) is 7.02. The fourth-order valence-corrected chi connectivity index (χ4v) is 3.35. The van der Waals surface area contributed by atoms with Crippen LogP contribution in [-0.4, -0.2) is 47.8 Å². The van der Waals surface area contributed by atoms with E-state index < -0.39 is 0 Å². The summed E-state index contributed by atoms with van der Waals surface area (Å²) < 4.78 is 13.2. The second kappa shape index (κ2) is 8.80. The molecule has 0 atom stereocenters. The third-order valence-electron chi connectivity index (χ3n) is 4.95. The number of nitrogens with zero attached hydrogens (tertiary/aromatic N) is 2. The monoisotopic (exact) mass is 368 g/mol. The molecule has 0 aromatic heterocycles. The molecular weight excluding hydrogens is 343 g/mol. The van der Waals surface area contributed by atoms with Gasteiger partial charge >= 0.3 is 0 Å². The summed E-state index contributed by atoms with van der Waals surface area (Å²) in [7, 11) is 0. The molecule has 27 heavy (non-hydrogen) atoms. The van der Waals surface area contributed by atoms with Crippen LogP contribution in [0, 0.1) is 12.7 Å². The summed E-state index contributed by atoms with van der Waals surface area (Å²) >= 11 is 0. The number of amides is 2. The highest BCUT2D eigenvalue weighted by Gasteiger charge is 2.22. The maximum atomic E-state index is 13.2. The first-order valence-corrected chi connectivity index (χ1v) is 9.41. The molecule has 0 saturated carbocycles. The molecule has 0 unspecified atom stereocenters. The van der Waals surface area contributed by atoms with Crippen LogP contribution in [0.25, 0.3) is 0 Å². The van der Waals surface area contributed by atoms with Crippen molar-refractivity contribution in [3.63, 3.8) is 0 Å². The molecule has 1 fully saturated rings. The molecule has 4 nitrogen and oxygen atoms in total. The highest BCUT2D eigenvalue weighted by Crippen LogP contribution is 2.13. The Balaban J connectivity index is 1.53. The van der Waals surface area contributed by atoms with Gasteiger partial charge in [-0.3, -0.25) is 9.59 Å². The van der Waals surface area contributed by atoms with Crippen LogP contribution < -0.4 is 0 Å². The van der Waals surface area contributed by atoms with E-state index in [9.17, 15) is 14.0 Å². The van der Waals surface area contributed by atoms with Crippen LogP contribution in [0.3, 0.4) is 0 Å². The molecule has 0 aliphatic carbocycles. The summed E-state index contributed by atoms with van der Waals surface area (Å²) in [6, 6.07) is 13.9. The van der Waals surface area contributed by atoms with E-state index in [0.717, 1.165) is 17.5 Å². The molecule has 0 N–H and O–H groups in total. The van der Waals surface area contributed by atoms with E-state index in [-0.39, 0.29) is 17.6 Å². The minimum atomic E-state index is -0.278. The number of rotatable bonds is 4. The first-order valence-electron chi connectivity index (χ1n) is 9.41. The van der Waals surface area contributed by atoms with Gasteiger partial charge in [0.05, 0.1) is 0 Å². The average Bonchev–Trinajstić information content (AvgIpc) is 2.92. The van der Waals surface area contributed by atoms with Crippen molar-refractivity contribution in [3.8, 4) is 0 Å². The third-order valence-corrected chi connectivity index (χ3v) is 4.95. The summed E-state index contributed by atoms with van der Waals surface area (Å²) in [6.07, 6.45) is 1.65. The van der Waals surface area contributed by atoms with E-state index in [1.807, 2.05) is 47.1 Å². The van der Waals surface area contributed by atoms with Crippen LogP contribution in [0.2, 0.25) is 0 Å². The van der Waals surface area contributed by atoms with Crippen molar-refractivity contribution in [2.24, 2.45) is 0 Å². The Labute approximate surface area is 159 Å². The Morgan fingerprint density at radius 3 is 2.41 bits per heavy atom. The molecular formula is C22H25FN2O2. The van der Waals surface area contributed by atoms with Crippen molar-refractivity contribution in [3.05, 3.63) is 71.0 Å². The first-order chi connectivity index (χ1) is 13.0. The van der Waals surface area contributed by atoms with Gasteiger partial charge in [0.25, 0.3) is 5.91 Å². The van der Waals surface area contributed by atoms with Gasteiger partial charge in [-0.15, -0.1) is 0 Å². The number of hydrogen-bond donors (Lipinski definition) is 0. The highest BCUT2D eigenvalue weighted by molar-refractivity contribution is 5.94. The van der Waals surface area contributed by atoms with E-state index >= 15 is 0 Å². The van der Waals surface area contributed by atoms with Gasteiger partial charge in [-0.25, -0.2) is 4.39 Å². The molecule has 0 radical (unpaired) electrons. The van der Waals surface area contributed by atoms with Crippen molar-refractivity contribution < 1.29 is 14.0 Å². The zero-order valence-electron chi connectivity index (χ0n) is 15.7. The van der Waals surface area contributed by atoms with Crippen molar-refractivity contribution in [2.75, 3.05) is 26.2 Å². The number of benzene rings is 2. The molecule has 2 amide bonds. The largest absolute Gasteiger partial charge is 0.341 e. The Morgan fingerprint density at radius 1 is 0.963 bits per heavy atom. The third kappa shape index (κ3) is 5.16. The molecule has 142 valence electrons. The van der Waals surface area contributed by atoms with Gasteiger partial charge in [-0.05, 0) is 49.6 Å². The minimum absolute atomic E-state index is 0.0176. The number of carbonyl (C=O) groups excluding carboxylic acids is 2. The van der Waals surface area contributed by atoms with Crippen molar-refractivity contribution in [2.45, 2.75) is 26.2 Å². The normalized spacial score (nSPS) is 14.7. The van der Waals surface area contributed by atoms with Gasteiger partial charge in [-0.1, -0.05) is 29.8 Å². The molecule has 5 heteroatoms. The minimum Gasteiger partial charge on any atom is -0.341 e. The number of aryl methyl sites for hydroxylation is 2. The fraction of sp³-hybridized carbons (Fsp3) is 0.364. The van der Waals surface area contributed by atoms with Crippen molar-refractivity contribution in [1.82, 2.24) is 9.80 Å². The second-order valence-electron chi connectivity index (χ2n) is 7.02. The van der Waals surface area contributed by atoms with Crippen LogP contribution in [0.15, 0.2) is 48.5 Å². The Kier molecular flexibility index (Phi) is 6.22. The fourth-order valence-electron chi connectivity index (χ4n) is 3.35. The first kappa shape index (κ1) is 19.1. The van der Waals surface area contributed by atoms with Gasteiger partial charge in [0.1, 0.15) is 5.82 Å². The van der Waals surface area contributed by atoms with Gasteiger partial charge < -0.3 is 9.80 Å². The van der Waals surface area contributed by atoms with Crippen LogP contribution in [-0.2, 0) is 11.2 Å². The molecule has 2 aromatic carbocycles. The van der Waals surface area contributed by atoms with E-state index in [2.05, 4.69) is 0 Å². The smallest absolute Gasteiger partial charge is 0.253 e. The Bertz CT molecular complexity index is 804. The van der Waals surface area contributed by atoms with Crippen molar-refractivity contribution >= 4 is 11.8 Å². The molecule has 1 aliphatic heterocycles. The van der Waals surface area contributed by atoms with Gasteiger partial charge in [0.2, 0.25) is 5.91 Å². The number of hydrogen-bond acceptors (Lipinski definition) is 2. The molecule has 2 aromatic rings. The predicted molar refractivity (Wildman–Crippen MR) is 103 cm³/mol. The SMILES string of the molecule is Cc1ccc(C(=O)N2CCCN(C(=O)CCc3cccc(F)c3)CC2)cc1. The highest BCUT2D eigenvalue weighted by atomic mass is 19.1. The van der Waals surface area contributed by atoms with Gasteiger partial charge in [-0.2, -0.15) is 0 Å². The lowest BCUT2D eigenvalue weighted by Gasteiger charge is -2.22. The van der Waals surface area contributed by atoms with Gasteiger partial charge in [0, 0.05) is 38.2 Å². The molecule has 1 heterocycles. The maximum absolute atomic E-state index is 13.2. The predicted octanol–water partition coefficient (Wildman–Crippen LogP) is 3.44. The number of carbonyl (C=O) groups is 2. The number of halogens is 1. The zero-order chi connectivity index (χ0) is 19.2. The molecule has 1 aliphatic rings. The topological polar surface area (TPSA) is 40.6 Å². The van der Waals surface area contributed by atoms with Crippen molar-refractivity contribution in [1.29, 1.82) is 0 Å². The van der Waals surface area contributed by atoms with E-state index in [1.165, 1.54) is 12.1 Å². The molecule has 0 spiro atoms. The van der Waals surface area contributed by atoms with E-state index in [4.69, 9.17) is 0 Å². The Morgan fingerprint density at radius 2 is 1.67 bits per heavy atom. The van der Waals surface area contributed by atoms with Crippen LogP contribution >= 0.6 is 0 Å². The van der Waals surface area contributed by atoms with Crippen LogP contribution in [0.5, 0.6) is 0 Å². The van der Waals surface area contributed by atoms with E-state index in [1.54, 1.807) is 6.07 Å². The van der Waals surface area contributed by atoms with E-state index in [0.29, 0.717) is 44.6 Å². The quantitative estimate of drug-likeness (QED) is 0.829. The standard InChI is InChI=1S/C22H25FN2O2/c1-17-6-9-19(10-7-17)22(27)25-13-3-12-24(14-15-25)21(26)11-8-18-4-2-5-20(23)16-18/h2,4-7,9-10,16H,3,8,11-15H2,1H3. The summed E-state index contributed by atoms with van der Waals surface area (Å²) in [4.78, 5) is 28.8. The summed E-state index contributed by atoms with van der Waals surface area (Å²) in [5, 5.41) is 0. The van der Waals surface area contributed by atoms with Gasteiger partial charge in [0.15, 0.2) is 0 Å². The van der Waals surface area contributed by atoms with Crippen LogP contribution in [0.4, 0.5) is 4.39 Å². The molecule has 1 saturated heterocycles. The summed E-state index contributed by atoms with van der Waals surface area (Å²) in [5.41, 5.74) is 2.64. The summed E-state index contributed by atoms with van der Waals surface area (Å²) in [6.45, 7) is 4.38. The Hall–Kier alpha value is -2.69. The molecule has 3 rings (SSSR count). The maximum Gasteiger partial charge on any atom is 0.253 e. The summed E-state index contributed by atoms with van der Waals surface area (Å²) in [5.74, 6) is -0.201. The lowest BCUT2D eigenvalue weighted by Crippen LogP contribution is -2.37. The zero-order valence-corrected chi connectivity index (χ0v) is 15.7. The average molecular weight is 368 g/mol. The van der Waals surface area contributed by atoms with Crippen LogP contribution in [0.1, 0.15) is 34.3 Å². The lowest BCUT2D eigenvalue weighted by molar-refractivity contribution is -0.131. The molecule has 0 bridgehead atoms. The lowest BCUT2D eigenvalue weighted by atomic mass is 10.1.